The molecule has 190 valence electrons. The number of rotatable bonds is 4. The van der Waals surface area contributed by atoms with Gasteiger partial charge < -0.3 is 4.74 Å². The van der Waals surface area contributed by atoms with Crippen LogP contribution in [0.25, 0.3) is 6.08 Å². The van der Waals surface area contributed by atoms with Crippen molar-refractivity contribution in [2.75, 3.05) is 0 Å². The second-order valence-electron chi connectivity index (χ2n) is 10.4. The van der Waals surface area contributed by atoms with Gasteiger partial charge in [0.2, 0.25) is 0 Å². The summed E-state index contributed by atoms with van der Waals surface area (Å²) >= 11 is 1.29. The first kappa shape index (κ1) is 24.2. The minimum atomic E-state index is -0.639. The molecule has 0 N–H and O–H groups in total. The third-order valence-electron chi connectivity index (χ3n) is 6.82. The number of ketones is 1. The van der Waals surface area contributed by atoms with E-state index in [1.165, 1.54) is 23.5 Å². The van der Waals surface area contributed by atoms with Crippen LogP contribution in [0.5, 0.6) is 11.5 Å². The van der Waals surface area contributed by atoms with Gasteiger partial charge in [0.25, 0.3) is 5.56 Å². The molecule has 38 heavy (non-hydrogen) atoms. The van der Waals surface area contributed by atoms with Crippen LogP contribution in [-0.4, -0.2) is 10.4 Å². The molecule has 0 saturated carbocycles. The van der Waals surface area contributed by atoms with Crippen LogP contribution in [0.2, 0.25) is 0 Å². The van der Waals surface area contributed by atoms with Crippen molar-refractivity contribution in [3.63, 3.8) is 0 Å². The van der Waals surface area contributed by atoms with Crippen LogP contribution in [0.1, 0.15) is 43.9 Å². The number of carbonyl (C=O) groups excluding carboxylic acids is 1. The van der Waals surface area contributed by atoms with Crippen LogP contribution < -0.4 is 19.6 Å². The van der Waals surface area contributed by atoms with Crippen molar-refractivity contribution in [3.05, 3.63) is 127 Å². The molecule has 1 atom stereocenters. The Balaban J connectivity index is 1.48. The van der Waals surface area contributed by atoms with Crippen molar-refractivity contribution in [3.8, 4) is 11.5 Å². The largest absolute Gasteiger partial charge is 0.457 e. The number of allylic oxidation sites excluding steroid dienone is 2. The molecule has 0 fully saturated rings. The molecule has 3 aromatic carbocycles. The van der Waals surface area contributed by atoms with Crippen molar-refractivity contribution in [1.82, 2.24) is 4.57 Å². The van der Waals surface area contributed by atoms with E-state index in [0.717, 1.165) is 11.3 Å². The van der Waals surface area contributed by atoms with Crippen LogP contribution in [0.4, 0.5) is 4.39 Å². The fourth-order valence-electron chi connectivity index (χ4n) is 5.15. The zero-order valence-electron chi connectivity index (χ0n) is 21.0. The van der Waals surface area contributed by atoms with Gasteiger partial charge in [-0.15, -0.1) is 0 Å². The summed E-state index contributed by atoms with van der Waals surface area (Å²) in [5, 5.41) is 0. The van der Waals surface area contributed by atoms with Gasteiger partial charge in [0.05, 0.1) is 16.3 Å². The maximum absolute atomic E-state index is 13.8. The Morgan fingerprint density at radius 3 is 2.47 bits per heavy atom. The van der Waals surface area contributed by atoms with E-state index in [1.54, 1.807) is 16.7 Å². The Labute approximate surface area is 222 Å². The molecule has 1 aliphatic carbocycles. The molecule has 2 heterocycles. The summed E-state index contributed by atoms with van der Waals surface area (Å²) in [6.45, 7) is 4.11. The number of carbonyl (C=O) groups is 1. The maximum atomic E-state index is 13.8. The highest BCUT2D eigenvalue weighted by Crippen LogP contribution is 2.43. The number of hydrogen-bond acceptors (Lipinski definition) is 5. The minimum Gasteiger partial charge on any atom is -0.457 e. The average Bonchev–Trinajstić information content (AvgIpc) is 3.18. The number of hydrogen-bond donors (Lipinski definition) is 0. The van der Waals surface area contributed by atoms with Crippen molar-refractivity contribution in [2.24, 2.45) is 10.4 Å². The quantitative estimate of drug-likeness (QED) is 0.352. The van der Waals surface area contributed by atoms with Gasteiger partial charge in [-0.1, -0.05) is 67.6 Å². The minimum absolute atomic E-state index is 0.0191. The Morgan fingerprint density at radius 2 is 1.71 bits per heavy atom. The Morgan fingerprint density at radius 1 is 0.974 bits per heavy atom. The molecule has 0 radical (unpaired) electrons. The average molecular weight is 525 g/mol. The SMILES string of the molecule is CC1(C)CC(=O)C2=C(C1)N=c1sc(=Cc3cccc(Oc4ccccc4)c3)c(=O)n1C2c1ccc(F)cc1. The lowest BCUT2D eigenvalue weighted by molar-refractivity contribution is -0.118. The molecule has 2 aliphatic rings. The van der Waals surface area contributed by atoms with E-state index in [0.29, 0.717) is 44.8 Å². The number of thiazole rings is 1. The fraction of sp³-hybridized carbons (Fsp3) is 0.194. The zero-order chi connectivity index (χ0) is 26.4. The molecule has 6 rings (SSSR count). The molecule has 0 amide bonds. The highest BCUT2D eigenvalue weighted by molar-refractivity contribution is 7.07. The van der Waals surface area contributed by atoms with Crippen LogP contribution >= 0.6 is 11.3 Å². The lowest BCUT2D eigenvalue weighted by Gasteiger charge is -2.35. The van der Waals surface area contributed by atoms with Crippen LogP contribution in [0, 0.1) is 11.2 Å². The second kappa shape index (κ2) is 9.33. The van der Waals surface area contributed by atoms with E-state index in [-0.39, 0.29) is 22.6 Å². The monoisotopic (exact) mass is 524 g/mol. The summed E-state index contributed by atoms with van der Waals surface area (Å²) in [5.41, 5.74) is 2.29. The van der Waals surface area contributed by atoms with E-state index < -0.39 is 6.04 Å². The number of aromatic nitrogens is 1. The predicted molar refractivity (Wildman–Crippen MR) is 145 cm³/mol. The third-order valence-corrected chi connectivity index (χ3v) is 7.80. The summed E-state index contributed by atoms with van der Waals surface area (Å²) in [6, 6.07) is 22.4. The van der Waals surface area contributed by atoms with E-state index in [2.05, 4.69) is 13.8 Å². The van der Waals surface area contributed by atoms with Crippen LogP contribution in [-0.2, 0) is 4.79 Å². The summed E-state index contributed by atoms with van der Waals surface area (Å²) in [7, 11) is 0. The van der Waals surface area contributed by atoms with E-state index >= 15 is 0 Å². The van der Waals surface area contributed by atoms with Crippen molar-refractivity contribution < 1.29 is 13.9 Å². The zero-order valence-corrected chi connectivity index (χ0v) is 21.8. The molecule has 1 aliphatic heterocycles. The Kier molecular flexibility index (Phi) is 5.95. The smallest absolute Gasteiger partial charge is 0.271 e. The van der Waals surface area contributed by atoms with Crippen molar-refractivity contribution in [1.29, 1.82) is 0 Å². The topological polar surface area (TPSA) is 60.7 Å². The number of ether oxygens (including phenoxy) is 1. The molecular weight excluding hydrogens is 499 g/mol. The lowest BCUT2D eigenvalue weighted by atomic mass is 9.73. The first-order chi connectivity index (χ1) is 18.3. The van der Waals surface area contributed by atoms with Gasteiger partial charge in [0, 0.05) is 12.0 Å². The van der Waals surface area contributed by atoms with Gasteiger partial charge in [-0.05, 0) is 65.4 Å². The van der Waals surface area contributed by atoms with E-state index in [9.17, 15) is 14.0 Å². The molecule has 7 heteroatoms. The Hall–Kier alpha value is -4.10. The van der Waals surface area contributed by atoms with Gasteiger partial charge >= 0.3 is 0 Å². The normalized spacial score (nSPS) is 18.6. The van der Waals surface area contributed by atoms with E-state index in [4.69, 9.17) is 9.73 Å². The van der Waals surface area contributed by atoms with Gasteiger partial charge in [0.15, 0.2) is 10.6 Å². The highest BCUT2D eigenvalue weighted by atomic mass is 32.1. The van der Waals surface area contributed by atoms with Crippen molar-refractivity contribution >= 4 is 23.2 Å². The summed E-state index contributed by atoms with van der Waals surface area (Å²) in [5.74, 6) is 0.991. The molecule has 5 nitrogen and oxygen atoms in total. The molecule has 0 saturated heterocycles. The molecule has 0 bridgehead atoms. The summed E-state index contributed by atoms with van der Waals surface area (Å²) < 4.78 is 21.8. The number of halogens is 1. The van der Waals surface area contributed by atoms with Gasteiger partial charge in [-0.2, -0.15) is 0 Å². The number of fused-ring (bicyclic) bond motifs is 1. The summed E-state index contributed by atoms with van der Waals surface area (Å²) in [6.07, 6.45) is 2.83. The lowest BCUT2D eigenvalue weighted by Crippen LogP contribution is -2.42. The maximum Gasteiger partial charge on any atom is 0.271 e. The van der Waals surface area contributed by atoms with Gasteiger partial charge in [-0.3, -0.25) is 14.2 Å². The third kappa shape index (κ3) is 4.54. The molecule has 1 unspecified atom stereocenters. The van der Waals surface area contributed by atoms with Gasteiger partial charge in [-0.25, -0.2) is 9.38 Å². The molecule has 0 spiro atoms. The predicted octanol–water partition coefficient (Wildman–Crippen LogP) is 5.54. The van der Waals surface area contributed by atoms with E-state index in [1.807, 2.05) is 60.7 Å². The number of para-hydroxylation sites is 1. The number of Topliss-reactive ketones (excluding diaryl/α,β-unsaturated/α-hetero) is 1. The van der Waals surface area contributed by atoms with Crippen molar-refractivity contribution in [2.45, 2.75) is 32.7 Å². The summed E-state index contributed by atoms with van der Waals surface area (Å²) in [4.78, 5) is 32.5. The molecule has 1 aromatic heterocycles. The Bertz CT molecular complexity index is 1770. The number of benzene rings is 3. The molecular formula is C31H25FN2O3S. The van der Waals surface area contributed by atoms with Crippen LogP contribution in [0.3, 0.4) is 0 Å². The first-order valence-corrected chi connectivity index (χ1v) is 13.3. The van der Waals surface area contributed by atoms with Crippen LogP contribution in [0.15, 0.2) is 99.9 Å². The highest BCUT2D eigenvalue weighted by Gasteiger charge is 2.40. The number of nitrogens with zero attached hydrogens (tertiary/aromatic N) is 2. The second-order valence-corrected chi connectivity index (χ2v) is 11.4. The fourth-order valence-corrected chi connectivity index (χ4v) is 6.17. The molecule has 4 aromatic rings. The van der Waals surface area contributed by atoms with Gasteiger partial charge in [0.1, 0.15) is 17.3 Å². The first-order valence-electron chi connectivity index (χ1n) is 12.4. The standard InChI is InChI=1S/C31H25FN2O3S/c1-31(2)17-24-27(25(35)18-31)28(20-11-13-21(32)14-12-20)34-29(36)26(38-30(34)33-24)16-19-7-6-10-23(15-19)37-22-8-4-3-5-9-22/h3-16,28H,17-18H2,1-2H3.